The first kappa shape index (κ1) is 15.4. The van der Waals surface area contributed by atoms with Gasteiger partial charge in [0.1, 0.15) is 16.6 Å². The van der Waals surface area contributed by atoms with E-state index >= 15 is 0 Å². The molecule has 2 aromatic heterocycles. The molecule has 106 valence electrons. The number of aromatic nitrogens is 2. The second kappa shape index (κ2) is 7.11. The summed E-state index contributed by atoms with van der Waals surface area (Å²) in [4.78, 5) is 8.31. The topological polar surface area (TPSA) is 47.0 Å². The third-order valence-electron chi connectivity index (χ3n) is 2.33. The maximum absolute atomic E-state index is 6.09. The number of nitrogens with one attached hydrogen (secondary N) is 1. The summed E-state index contributed by atoms with van der Waals surface area (Å²) in [7, 11) is 0. The van der Waals surface area contributed by atoms with Gasteiger partial charge in [0.25, 0.3) is 0 Å². The lowest BCUT2D eigenvalue weighted by atomic mass is 10.4. The van der Waals surface area contributed by atoms with Crippen molar-refractivity contribution in [3.8, 4) is 11.6 Å². The first-order chi connectivity index (χ1) is 9.60. The van der Waals surface area contributed by atoms with Gasteiger partial charge >= 0.3 is 0 Å². The van der Waals surface area contributed by atoms with Crippen LogP contribution in [0.2, 0.25) is 10.0 Å². The quantitative estimate of drug-likeness (QED) is 0.782. The lowest BCUT2D eigenvalue weighted by molar-refractivity contribution is 0.461. The molecule has 2 aromatic rings. The molecule has 0 unspecified atom stereocenters. The van der Waals surface area contributed by atoms with Crippen LogP contribution in [0.25, 0.3) is 0 Å². The van der Waals surface area contributed by atoms with E-state index < -0.39 is 0 Å². The van der Waals surface area contributed by atoms with Gasteiger partial charge < -0.3 is 10.1 Å². The zero-order chi connectivity index (χ0) is 14.5. The van der Waals surface area contributed by atoms with Crippen LogP contribution in [0.4, 0.5) is 5.82 Å². The van der Waals surface area contributed by atoms with Gasteiger partial charge in [0.05, 0.1) is 11.2 Å². The number of halogens is 3. The zero-order valence-corrected chi connectivity index (χ0v) is 13.8. The highest BCUT2D eigenvalue weighted by Crippen LogP contribution is 2.33. The molecule has 0 aliphatic heterocycles. The van der Waals surface area contributed by atoms with Gasteiger partial charge in [0.15, 0.2) is 0 Å². The molecule has 0 fully saturated rings. The minimum absolute atomic E-state index is 0.287. The predicted molar refractivity (Wildman–Crippen MR) is 85.0 cm³/mol. The van der Waals surface area contributed by atoms with Crippen LogP contribution in [0.3, 0.4) is 0 Å². The molecule has 0 bridgehead atoms. The second-order valence-electron chi connectivity index (χ2n) is 3.97. The van der Waals surface area contributed by atoms with E-state index in [-0.39, 0.29) is 5.88 Å². The fourth-order valence-corrected chi connectivity index (χ4v) is 2.26. The van der Waals surface area contributed by atoms with E-state index in [1.165, 1.54) is 0 Å². The normalized spacial score (nSPS) is 10.4. The molecule has 0 spiro atoms. The summed E-state index contributed by atoms with van der Waals surface area (Å²) >= 11 is 15.5. The van der Waals surface area contributed by atoms with E-state index in [1.54, 1.807) is 24.5 Å². The molecular formula is C13H12BrCl2N3O. The second-order valence-corrected chi connectivity index (χ2v) is 5.70. The van der Waals surface area contributed by atoms with E-state index in [2.05, 4.69) is 38.1 Å². The van der Waals surface area contributed by atoms with Crippen molar-refractivity contribution >= 4 is 44.9 Å². The third-order valence-corrected chi connectivity index (χ3v) is 3.33. The molecule has 2 rings (SSSR count). The summed E-state index contributed by atoms with van der Waals surface area (Å²) in [6.45, 7) is 2.83. The van der Waals surface area contributed by atoms with Crippen LogP contribution in [-0.2, 0) is 0 Å². The van der Waals surface area contributed by atoms with Crippen molar-refractivity contribution < 1.29 is 4.74 Å². The van der Waals surface area contributed by atoms with Gasteiger partial charge in [-0.3, -0.25) is 4.98 Å². The Morgan fingerprint density at radius 3 is 2.75 bits per heavy atom. The Morgan fingerprint density at radius 2 is 2.05 bits per heavy atom. The van der Waals surface area contributed by atoms with E-state index in [0.717, 1.165) is 17.4 Å². The van der Waals surface area contributed by atoms with Crippen molar-refractivity contribution in [1.82, 2.24) is 9.97 Å². The van der Waals surface area contributed by atoms with Crippen LogP contribution in [-0.4, -0.2) is 16.5 Å². The van der Waals surface area contributed by atoms with Gasteiger partial charge in [-0.2, -0.15) is 4.98 Å². The van der Waals surface area contributed by atoms with Crippen LogP contribution < -0.4 is 10.1 Å². The number of hydrogen-bond donors (Lipinski definition) is 1. The lowest BCUT2D eigenvalue weighted by Gasteiger charge is -2.11. The van der Waals surface area contributed by atoms with Gasteiger partial charge in [-0.15, -0.1) is 0 Å². The summed E-state index contributed by atoms with van der Waals surface area (Å²) in [5, 5.41) is 3.93. The largest absolute Gasteiger partial charge is 0.436 e. The maximum Gasteiger partial charge on any atom is 0.240 e. The summed E-state index contributed by atoms with van der Waals surface area (Å²) in [5.41, 5.74) is 0. The highest BCUT2D eigenvalue weighted by atomic mass is 79.9. The molecular weight excluding hydrogens is 365 g/mol. The Hall–Kier alpha value is -1.04. The molecule has 2 heterocycles. The fraction of sp³-hybridized carbons (Fsp3) is 0.231. The van der Waals surface area contributed by atoms with Gasteiger partial charge in [0.2, 0.25) is 5.88 Å². The van der Waals surface area contributed by atoms with Crippen molar-refractivity contribution in [2.45, 2.75) is 13.3 Å². The van der Waals surface area contributed by atoms with Crippen molar-refractivity contribution in [2.24, 2.45) is 0 Å². The monoisotopic (exact) mass is 375 g/mol. The Morgan fingerprint density at radius 1 is 1.25 bits per heavy atom. The van der Waals surface area contributed by atoms with Gasteiger partial charge in [-0.1, -0.05) is 30.1 Å². The Labute approximate surface area is 135 Å². The van der Waals surface area contributed by atoms with Crippen molar-refractivity contribution in [3.05, 3.63) is 39.0 Å². The number of pyridine rings is 2. The minimum atomic E-state index is 0.287. The zero-order valence-electron chi connectivity index (χ0n) is 10.7. The number of anilines is 1. The number of nitrogens with zero attached hydrogens (tertiary/aromatic N) is 2. The van der Waals surface area contributed by atoms with Crippen molar-refractivity contribution in [3.63, 3.8) is 0 Å². The van der Waals surface area contributed by atoms with Gasteiger partial charge in [-0.25, -0.2) is 0 Å². The number of hydrogen-bond acceptors (Lipinski definition) is 4. The van der Waals surface area contributed by atoms with Crippen LogP contribution in [0.1, 0.15) is 13.3 Å². The molecule has 0 atom stereocenters. The highest BCUT2D eigenvalue weighted by molar-refractivity contribution is 9.10. The van der Waals surface area contributed by atoms with E-state index in [1.807, 2.05) is 0 Å². The summed E-state index contributed by atoms with van der Waals surface area (Å²) in [6, 6.07) is 3.38. The molecule has 0 radical (unpaired) electrons. The molecule has 0 aliphatic carbocycles. The highest BCUT2D eigenvalue weighted by Gasteiger charge is 2.11. The number of rotatable bonds is 5. The Kier molecular flexibility index (Phi) is 5.46. The smallest absolute Gasteiger partial charge is 0.240 e. The first-order valence-corrected chi connectivity index (χ1v) is 7.53. The molecule has 0 amide bonds. The maximum atomic E-state index is 6.09. The molecule has 0 aromatic carbocycles. The molecule has 4 nitrogen and oxygen atoms in total. The molecule has 0 aliphatic rings. The van der Waals surface area contributed by atoms with E-state index in [0.29, 0.717) is 21.6 Å². The average Bonchev–Trinajstić information content (AvgIpc) is 2.40. The van der Waals surface area contributed by atoms with Crippen LogP contribution >= 0.6 is 39.1 Å². The Bertz CT molecular complexity index is 610. The molecule has 0 saturated carbocycles. The number of ether oxygens (including phenoxy) is 1. The Balaban J connectivity index is 2.26. The first-order valence-electron chi connectivity index (χ1n) is 5.98. The standard InChI is InChI=1S/C13H12BrCl2N3O/c1-2-3-18-12-10(15)5-11(16)13(19-12)20-9-4-8(14)6-17-7-9/h4-7H,2-3H2,1H3,(H,18,19). The molecule has 20 heavy (non-hydrogen) atoms. The van der Waals surface area contributed by atoms with Gasteiger partial charge in [0, 0.05) is 17.2 Å². The SMILES string of the molecule is CCCNc1nc(Oc2cncc(Br)c2)c(Cl)cc1Cl. The van der Waals surface area contributed by atoms with Crippen molar-refractivity contribution in [2.75, 3.05) is 11.9 Å². The minimum Gasteiger partial charge on any atom is -0.436 e. The van der Waals surface area contributed by atoms with Gasteiger partial charge in [-0.05, 0) is 34.5 Å². The van der Waals surface area contributed by atoms with Crippen LogP contribution in [0.5, 0.6) is 11.6 Å². The molecule has 1 N–H and O–H groups in total. The summed E-state index contributed by atoms with van der Waals surface area (Å²) in [6.07, 6.45) is 4.21. The molecule has 7 heteroatoms. The summed E-state index contributed by atoms with van der Waals surface area (Å²) in [5.74, 6) is 1.38. The predicted octanol–water partition coefficient (Wildman–Crippen LogP) is 5.16. The van der Waals surface area contributed by atoms with Crippen molar-refractivity contribution in [1.29, 1.82) is 0 Å². The van der Waals surface area contributed by atoms with E-state index in [9.17, 15) is 0 Å². The molecule has 0 saturated heterocycles. The average molecular weight is 377 g/mol. The fourth-order valence-electron chi connectivity index (χ4n) is 1.45. The summed E-state index contributed by atoms with van der Waals surface area (Å²) < 4.78 is 6.44. The lowest BCUT2D eigenvalue weighted by Crippen LogP contribution is -2.03. The third kappa shape index (κ3) is 3.98. The van der Waals surface area contributed by atoms with Crippen LogP contribution in [0.15, 0.2) is 29.0 Å². The van der Waals surface area contributed by atoms with Crippen LogP contribution in [0, 0.1) is 0 Å². The van der Waals surface area contributed by atoms with E-state index in [4.69, 9.17) is 27.9 Å².